The van der Waals surface area contributed by atoms with E-state index < -0.39 is 9.84 Å². The van der Waals surface area contributed by atoms with Crippen LogP contribution in [0.25, 0.3) is 0 Å². The lowest BCUT2D eigenvalue weighted by atomic mass is 10.1. The number of hydrogen-bond acceptors (Lipinski definition) is 4. The van der Waals surface area contributed by atoms with Crippen LogP contribution in [-0.2, 0) is 9.84 Å². The van der Waals surface area contributed by atoms with Gasteiger partial charge in [-0.2, -0.15) is 0 Å². The molecule has 0 bridgehead atoms. The van der Waals surface area contributed by atoms with E-state index in [0.717, 1.165) is 11.8 Å². The summed E-state index contributed by atoms with van der Waals surface area (Å²) >= 11 is 0. The predicted octanol–water partition coefficient (Wildman–Crippen LogP) is 1.22. The highest BCUT2D eigenvalue weighted by molar-refractivity contribution is 7.90. The smallest absolute Gasteiger partial charge is 0.254 e. The molecule has 1 amide bonds. The zero-order valence-electron chi connectivity index (χ0n) is 12.9. The van der Waals surface area contributed by atoms with E-state index in [0.29, 0.717) is 18.7 Å². The maximum Gasteiger partial charge on any atom is 0.254 e. The van der Waals surface area contributed by atoms with Crippen LogP contribution in [0.1, 0.15) is 29.8 Å². The van der Waals surface area contributed by atoms with Crippen LogP contribution < -0.4 is 5.32 Å². The first-order chi connectivity index (χ1) is 9.68. The molecule has 1 aliphatic heterocycles. The van der Waals surface area contributed by atoms with Crippen LogP contribution in [0.15, 0.2) is 23.1 Å². The molecular weight excluding hydrogens is 288 g/mol. The van der Waals surface area contributed by atoms with Crippen molar-refractivity contribution in [2.45, 2.75) is 37.8 Å². The van der Waals surface area contributed by atoms with Gasteiger partial charge < -0.3 is 10.2 Å². The Kier molecular flexibility index (Phi) is 4.39. The molecule has 1 fully saturated rings. The van der Waals surface area contributed by atoms with Gasteiger partial charge >= 0.3 is 0 Å². The van der Waals surface area contributed by atoms with Gasteiger partial charge in [0.05, 0.1) is 4.90 Å². The second-order valence-corrected chi connectivity index (χ2v) is 7.94. The molecule has 2 unspecified atom stereocenters. The van der Waals surface area contributed by atoms with Gasteiger partial charge in [0.2, 0.25) is 0 Å². The summed E-state index contributed by atoms with van der Waals surface area (Å²) in [5, 5.41) is 3.38. The molecule has 0 spiro atoms. The van der Waals surface area contributed by atoms with Crippen molar-refractivity contribution in [2.24, 2.45) is 0 Å². The van der Waals surface area contributed by atoms with Gasteiger partial charge in [-0.05, 0) is 38.5 Å². The average Bonchev–Trinajstić information content (AvgIpc) is 2.36. The van der Waals surface area contributed by atoms with Gasteiger partial charge in [0.25, 0.3) is 5.91 Å². The molecule has 2 rings (SSSR count). The van der Waals surface area contributed by atoms with Crippen molar-refractivity contribution < 1.29 is 13.2 Å². The number of piperazine rings is 1. The second-order valence-electron chi connectivity index (χ2n) is 5.93. The van der Waals surface area contributed by atoms with E-state index in [1.54, 1.807) is 17.0 Å². The molecule has 2 atom stereocenters. The fraction of sp³-hybridized carbons (Fsp3) is 0.533. The Bertz CT molecular complexity index is 645. The molecule has 21 heavy (non-hydrogen) atoms. The van der Waals surface area contributed by atoms with E-state index in [2.05, 4.69) is 5.32 Å². The van der Waals surface area contributed by atoms with Crippen LogP contribution in [-0.4, -0.2) is 50.7 Å². The van der Waals surface area contributed by atoms with Crippen molar-refractivity contribution in [3.63, 3.8) is 0 Å². The van der Waals surface area contributed by atoms with Gasteiger partial charge in [-0.3, -0.25) is 4.79 Å². The first-order valence-electron chi connectivity index (χ1n) is 7.04. The molecule has 0 aromatic heterocycles. The standard InChI is InChI=1S/C15H22N2O3S/c1-10-5-6-13(21(4,19)20)7-14(10)15(18)17-8-11(2)16-12(3)9-17/h5-7,11-12,16H,8-9H2,1-4H3. The molecule has 1 heterocycles. The van der Waals surface area contributed by atoms with Crippen molar-refractivity contribution in [3.05, 3.63) is 29.3 Å². The summed E-state index contributed by atoms with van der Waals surface area (Å²) in [6, 6.07) is 5.19. The topological polar surface area (TPSA) is 66.5 Å². The number of hydrogen-bond donors (Lipinski definition) is 1. The number of rotatable bonds is 2. The minimum absolute atomic E-state index is 0.0989. The molecule has 116 valence electrons. The SMILES string of the molecule is Cc1ccc(S(C)(=O)=O)cc1C(=O)N1CC(C)NC(C)C1. The molecule has 1 N–H and O–H groups in total. The van der Waals surface area contributed by atoms with E-state index >= 15 is 0 Å². The first-order valence-corrected chi connectivity index (χ1v) is 8.93. The van der Waals surface area contributed by atoms with Crippen LogP contribution in [0.5, 0.6) is 0 Å². The summed E-state index contributed by atoms with van der Waals surface area (Å²) in [7, 11) is -3.31. The maximum atomic E-state index is 12.7. The molecule has 1 aliphatic rings. The van der Waals surface area contributed by atoms with Crippen molar-refractivity contribution in [3.8, 4) is 0 Å². The maximum absolute atomic E-state index is 12.7. The van der Waals surface area contributed by atoms with Gasteiger partial charge in [0.1, 0.15) is 0 Å². The Hall–Kier alpha value is -1.40. The zero-order chi connectivity index (χ0) is 15.8. The summed E-state index contributed by atoms with van der Waals surface area (Å²) in [6.07, 6.45) is 1.15. The van der Waals surface area contributed by atoms with Crippen molar-refractivity contribution in [2.75, 3.05) is 19.3 Å². The Labute approximate surface area is 126 Å². The molecule has 6 heteroatoms. The number of sulfone groups is 1. The largest absolute Gasteiger partial charge is 0.336 e. The van der Waals surface area contributed by atoms with Crippen molar-refractivity contribution in [1.82, 2.24) is 10.2 Å². The van der Waals surface area contributed by atoms with Gasteiger partial charge in [0.15, 0.2) is 9.84 Å². The molecule has 0 saturated carbocycles. The van der Waals surface area contributed by atoms with Crippen LogP contribution in [0.4, 0.5) is 0 Å². The normalized spacial score (nSPS) is 23.1. The van der Waals surface area contributed by atoms with E-state index in [4.69, 9.17) is 0 Å². The minimum atomic E-state index is -3.31. The van der Waals surface area contributed by atoms with E-state index in [9.17, 15) is 13.2 Å². The Balaban J connectivity index is 2.34. The lowest BCUT2D eigenvalue weighted by Gasteiger charge is -2.36. The highest BCUT2D eigenvalue weighted by Crippen LogP contribution is 2.19. The quantitative estimate of drug-likeness (QED) is 0.892. The van der Waals surface area contributed by atoms with Crippen LogP contribution >= 0.6 is 0 Å². The minimum Gasteiger partial charge on any atom is -0.336 e. The van der Waals surface area contributed by atoms with E-state index in [1.165, 1.54) is 6.07 Å². The highest BCUT2D eigenvalue weighted by atomic mass is 32.2. The molecule has 1 aromatic carbocycles. The monoisotopic (exact) mass is 310 g/mol. The molecule has 1 aromatic rings. The fourth-order valence-corrected chi connectivity index (χ4v) is 3.37. The molecule has 0 aliphatic carbocycles. The van der Waals surface area contributed by atoms with Crippen molar-refractivity contribution >= 4 is 15.7 Å². The summed E-state index contributed by atoms with van der Waals surface area (Å²) in [5.74, 6) is -0.0989. The van der Waals surface area contributed by atoms with Gasteiger partial charge in [-0.15, -0.1) is 0 Å². The van der Waals surface area contributed by atoms with Gasteiger partial charge in [-0.25, -0.2) is 8.42 Å². The lowest BCUT2D eigenvalue weighted by Crippen LogP contribution is -2.55. The van der Waals surface area contributed by atoms with Crippen LogP contribution in [0, 0.1) is 6.92 Å². The fourth-order valence-electron chi connectivity index (χ4n) is 2.73. The number of aryl methyl sites for hydroxylation is 1. The Morgan fingerprint density at radius 2 is 1.81 bits per heavy atom. The Morgan fingerprint density at radius 1 is 1.24 bits per heavy atom. The molecule has 0 radical (unpaired) electrons. The number of amides is 1. The van der Waals surface area contributed by atoms with Gasteiger partial charge in [0, 0.05) is 37.0 Å². The van der Waals surface area contributed by atoms with Crippen LogP contribution in [0.2, 0.25) is 0 Å². The molecule has 5 nitrogen and oxygen atoms in total. The number of nitrogens with zero attached hydrogens (tertiary/aromatic N) is 1. The zero-order valence-corrected chi connectivity index (χ0v) is 13.7. The number of carbonyl (C=O) groups is 1. The summed E-state index contributed by atoms with van der Waals surface area (Å²) in [6.45, 7) is 7.16. The van der Waals surface area contributed by atoms with E-state index in [-0.39, 0.29) is 22.9 Å². The second kappa shape index (κ2) is 5.77. The number of nitrogens with one attached hydrogen (secondary N) is 1. The lowest BCUT2D eigenvalue weighted by molar-refractivity contribution is 0.0673. The third-order valence-electron chi connectivity index (χ3n) is 3.71. The third-order valence-corrected chi connectivity index (χ3v) is 4.82. The average molecular weight is 310 g/mol. The summed E-state index contributed by atoms with van der Waals surface area (Å²) < 4.78 is 23.3. The van der Waals surface area contributed by atoms with Crippen LogP contribution in [0.3, 0.4) is 0 Å². The predicted molar refractivity (Wildman–Crippen MR) is 82.3 cm³/mol. The number of benzene rings is 1. The molecular formula is C15H22N2O3S. The summed E-state index contributed by atoms with van der Waals surface area (Å²) in [5.41, 5.74) is 1.27. The third kappa shape index (κ3) is 3.63. The van der Waals surface area contributed by atoms with E-state index in [1.807, 2.05) is 20.8 Å². The Morgan fingerprint density at radius 3 is 2.33 bits per heavy atom. The highest BCUT2D eigenvalue weighted by Gasteiger charge is 2.26. The van der Waals surface area contributed by atoms with Crippen molar-refractivity contribution in [1.29, 1.82) is 0 Å². The summed E-state index contributed by atoms with van der Waals surface area (Å²) in [4.78, 5) is 14.7. The first kappa shape index (κ1) is 16.0. The number of carbonyl (C=O) groups excluding carboxylic acids is 1. The molecule has 1 saturated heterocycles. The van der Waals surface area contributed by atoms with Gasteiger partial charge in [-0.1, -0.05) is 6.07 Å².